The molecule has 0 bridgehead atoms. The van der Waals surface area contributed by atoms with Crippen molar-refractivity contribution in [3.05, 3.63) is 71.8 Å². The summed E-state index contributed by atoms with van der Waals surface area (Å²) in [6, 6.07) is 15.2. The molecule has 1 heterocycles. The van der Waals surface area contributed by atoms with Gasteiger partial charge in [-0.25, -0.2) is 0 Å². The van der Waals surface area contributed by atoms with Gasteiger partial charge in [-0.2, -0.15) is 0 Å². The predicted molar refractivity (Wildman–Crippen MR) is 84.9 cm³/mol. The first-order chi connectivity index (χ1) is 9.92. The smallest absolute Gasteiger partial charge is 0.0650 e. The van der Waals surface area contributed by atoms with Crippen molar-refractivity contribution in [3.8, 4) is 0 Å². The highest BCUT2D eigenvalue weighted by molar-refractivity contribution is 5.83. The Morgan fingerprint density at radius 1 is 0.950 bits per heavy atom. The summed E-state index contributed by atoms with van der Waals surface area (Å²) >= 11 is 0. The van der Waals surface area contributed by atoms with E-state index >= 15 is 0 Å². The highest BCUT2D eigenvalue weighted by Crippen LogP contribution is 2.17. The molecule has 0 spiro atoms. The van der Waals surface area contributed by atoms with Crippen molar-refractivity contribution in [2.24, 2.45) is 0 Å². The largest absolute Gasteiger partial charge is 0.377 e. The monoisotopic (exact) mass is 264 g/mol. The Labute approximate surface area is 120 Å². The maximum absolute atomic E-state index is 5.32. The minimum atomic E-state index is 0.786. The summed E-state index contributed by atoms with van der Waals surface area (Å²) in [6.07, 6.45) is 9.93. The van der Waals surface area contributed by atoms with Gasteiger partial charge >= 0.3 is 0 Å². The average molecular weight is 264 g/mol. The molecule has 3 rings (SSSR count). The van der Waals surface area contributed by atoms with Crippen LogP contribution in [0.1, 0.15) is 18.4 Å². The number of benzene rings is 2. The van der Waals surface area contributed by atoms with E-state index in [1.807, 2.05) is 0 Å². The van der Waals surface area contributed by atoms with Gasteiger partial charge in [0, 0.05) is 0 Å². The zero-order chi connectivity index (χ0) is 13.6. The van der Waals surface area contributed by atoms with E-state index in [-0.39, 0.29) is 0 Å². The van der Waals surface area contributed by atoms with Crippen molar-refractivity contribution in [1.29, 1.82) is 0 Å². The molecule has 0 amide bonds. The third-order valence-corrected chi connectivity index (χ3v) is 3.77. The normalized spacial score (nSPS) is 15.7. The van der Waals surface area contributed by atoms with E-state index in [1.165, 1.54) is 21.9 Å². The van der Waals surface area contributed by atoms with Crippen molar-refractivity contribution < 1.29 is 4.74 Å². The van der Waals surface area contributed by atoms with Gasteiger partial charge in [-0.05, 0) is 35.6 Å². The van der Waals surface area contributed by atoms with E-state index in [9.17, 15) is 0 Å². The first-order valence-corrected chi connectivity index (χ1v) is 7.30. The van der Waals surface area contributed by atoms with E-state index in [0.29, 0.717) is 0 Å². The van der Waals surface area contributed by atoms with E-state index in [1.54, 1.807) is 0 Å². The molecular weight excluding hydrogens is 244 g/mol. The molecule has 0 fully saturated rings. The standard InChI is InChI=1S/C19H20O/c1(5-16-11-13-20-14-12-16)2-6-17-9-10-18-7-3-4-8-19(18)15-17/h1-4,7-11,15H,5-6,12-14H2/b2-1+. The van der Waals surface area contributed by atoms with Crippen LogP contribution in [-0.2, 0) is 11.2 Å². The van der Waals surface area contributed by atoms with Crippen molar-refractivity contribution in [2.75, 3.05) is 13.2 Å². The first-order valence-electron chi connectivity index (χ1n) is 7.30. The van der Waals surface area contributed by atoms with Crippen molar-refractivity contribution >= 4 is 10.8 Å². The van der Waals surface area contributed by atoms with E-state index in [0.717, 1.165) is 32.5 Å². The SMILES string of the molecule is C1=C(C/C=C/Cc2ccc3ccccc3c2)CCOC1. The van der Waals surface area contributed by atoms with Gasteiger partial charge < -0.3 is 4.74 Å². The van der Waals surface area contributed by atoms with Gasteiger partial charge in [-0.15, -0.1) is 0 Å². The van der Waals surface area contributed by atoms with Gasteiger partial charge in [0.15, 0.2) is 0 Å². The third-order valence-electron chi connectivity index (χ3n) is 3.77. The molecule has 1 aliphatic rings. The molecule has 0 aliphatic carbocycles. The summed E-state index contributed by atoms with van der Waals surface area (Å²) < 4.78 is 5.32. The Bertz CT molecular complexity index is 637. The molecule has 2 aromatic carbocycles. The predicted octanol–water partition coefficient (Wildman–Crippen LogP) is 4.68. The van der Waals surface area contributed by atoms with E-state index < -0.39 is 0 Å². The van der Waals surface area contributed by atoms with Crippen LogP contribution in [0.15, 0.2) is 66.3 Å². The number of fused-ring (bicyclic) bond motifs is 1. The Morgan fingerprint density at radius 2 is 1.80 bits per heavy atom. The Balaban J connectivity index is 1.60. The highest BCUT2D eigenvalue weighted by Gasteiger charge is 2.00. The van der Waals surface area contributed by atoms with Crippen LogP contribution in [0.4, 0.5) is 0 Å². The lowest BCUT2D eigenvalue weighted by Gasteiger charge is -2.11. The molecule has 1 heteroatoms. The molecular formula is C19H20O. The number of hydrogen-bond acceptors (Lipinski definition) is 1. The summed E-state index contributed by atoms with van der Waals surface area (Å²) in [7, 11) is 0. The first kappa shape index (κ1) is 13.1. The van der Waals surface area contributed by atoms with Gasteiger partial charge in [0.25, 0.3) is 0 Å². The Hall–Kier alpha value is -1.86. The van der Waals surface area contributed by atoms with Gasteiger partial charge in [0.05, 0.1) is 13.2 Å². The second-order valence-electron chi connectivity index (χ2n) is 5.25. The summed E-state index contributed by atoms with van der Waals surface area (Å²) in [5.41, 5.74) is 2.88. The zero-order valence-corrected chi connectivity index (χ0v) is 11.7. The Morgan fingerprint density at radius 3 is 2.65 bits per heavy atom. The van der Waals surface area contributed by atoms with Crippen LogP contribution in [0.25, 0.3) is 10.8 Å². The molecule has 0 N–H and O–H groups in total. The Kier molecular flexibility index (Phi) is 4.29. The maximum atomic E-state index is 5.32. The zero-order valence-electron chi connectivity index (χ0n) is 11.7. The molecule has 102 valence electrons. The minimum absolute atomic E-state index is 0.786. The average Bonchev–Trinajstić information content (AvgIpc) is 2.52. The van der Waals surface area contributed by atoms with Crippen molar-refractivity contribution in [1.82, 2.24) is 0 Å². The molecule has 0 aromatic heterocycles. The number of rotatable bonds is 4. The fraction of sp³-hybridized carbons (Fsp3) is 0.263. The van der Waals surface area contributed by atoms with Crippen LogP contribution in [-0.4, -0.2) is 13.2 Å². The van der Waals surface area contributed by atoms with Crippen LogP contribution in [0.5, 0.6) is 0 Å². The fourth-order valence-electron chi connectivity index (χ4n) is 2.57. The number of allylic oxidation sites excluding steroid dienone is 2. The minimum Gasteiger partial charge on any atom is -0.377 e. The molecule has 1 nitrogen and oxygen atoms in total. The summed E-state index contributed by atoms with van der Waals surface area (Å²) in [6.45, 7) is 1.66. The van der Waals surface area contributed by atoms with Crippen LogP contribution in [0.2, 0.25) is 0 Å². The summed E-state index contributed by atoms with van der Waals surface area (Å²) in [5.74, 6) is 0. The van der Waals surface area contributed by atoms with E-state index in [2.05, 4.69) is 60.7 Å². The number of ether oxygens (including phenoxy) is 1. The molecule has 0 atom stereocenters. The van der Waals surface area contributed by atoms with E-state index in [4.69, 9.17) is 4.74 Å². The lowest BCUT2D eigenvalue weighted by Crippen LogP contribution is -2.03. The van der Waals surface area contributed by atoms with Gasteiger partial charge in [-0.1, -0.05) is 66.3 Å². The molecule has 20 heavy (non-hydrogen) atoms. The lowest BCUT2D eigenvalue weighted by molar-refractivity contribution is 0.154. The fourth-order valence-corrected chi connectivity index (χ4v) is 2.57. The van der Waals surface area contributed by atoms with Crippen molar-refractivity contribution in [3.63, 3.8) is 0 Å². The van der Waals surface area contributed by atoms with Gasteiger partial charge in [0.2, 0.25) is 0 Å². The topological polar surface area (TPSA) is 9.23 Å². The molecule has 1 aliphatic heterocycles. The number of hydrogen-bond donors (Lipinski definition) is 0. The van der Waals surface area contributed by atoms with Crippen LogP contribution in [0.3, 0.4) is 0 Å². The maximum Gasteiger partial charge on any atom is 0.0650 e. The molecule has 0 unspecified atom stereocenters. The van der Waals surface area contributed by atoms with Gasteiger partial charge in [-0.3, -0.25) is 0 Å². The second-order valence-corrected chi connectivity index (χ2v) is 5.25. The second kappa shape index (κ2) is 6.53. The van der Waals surface area contributed by atoms with Crippen LogP contribution >= 0.6 is 0 Å². The van der Waals surface area contributed by atoms with Gasteiger partial charge in [0.1, 0.15) is 0 Å². The molecule has 0 saturated heterocycles. The molecule has 0 saturated carbocycles. The summed E-state index contributed by atoms with van der Waals surface area (Å²) in [4.78, 5) is 0. The van der Waals surface area contributed by atoms with Crippen LogP contribution in [0, 0.1) is 0 Å². The lowest BCUT2D eigenvalue weighted by atomic mass is 10.0. The highest BCUT2D eigenvalue weighted by atomic mass is 16.5. The molecule has 0 radical (unpaired) electrons. The quantitative estimate of drug-likeness (QED) is 0.729. The summed E-state index contributed by atoms with van der Waals surface area (Å²) in [5, 5.41) is 2.64. The van der Waals surface area contributed by atoms with Crippen LogP contribution < -0.4 is 0 Å². The van der Waals surface area contributed by atoms with Crippen molar-refractivity contribution in [2.45, 2.75) is 19.3 Å². The third kappa shape index (κ3) is 3.37. The molecule has 2 aromatic rings.